The summed E-state index contributed by atoms with van der Waals surface area (Å²) in [5, 5.41) is 21.3. The molecule has 7 nitrogen and oxygen atoms in total. The molecule has 3 aromatic carbocycles. The van der Waals surface area contributed by atoms with Crippen molar-refractivity contribution in [1.29, 1.82) is 0 Å². The maximum absolute atomic E-state index is 14.1. The second-order valence-corrected chi connectivity index (χ2v) is 8.97. The van der Waals surface area contributed by atoms with Gasteiger partial charge < -0.3 is 15.7 Å². The first-order chi connectivity index (χ1) is 17.0. The first-order valence-corrected chi connectivity index (χ1v) is 11.9. The molecule has 35 heavy (non-hydrogen) atoms. The molecule has 0 radical (unpaired) electrons. The molecule has 1 aromatic heterocycles. The number of fused-ring (bicyclic) bond motifs is 1. The van der Waals surface area contributed by atoms with Crippen LogP contribution in [0.3, 0.4) is 0 Å². The molecular formula is C26H22FN5O2S. The van der Waals surface area contributed by atoms with Crippen molar-refractivity contribution in [3.63, 3.8) is 0 Å². The molecule has 0 aliphatic carbocycles. The van der Waals surface area contributed by atoms with Crippen LogP contribution in [0.15, 0.2) is 95.3 Å². The van der Waals surface area contributed by atoms with E-state index in [-0.39, 0.29) is 17.5 Å². The monoisotopic (exact) mass is 487 g/mol. The molecular weight excluding hydrogens is 465 g/mol. The Kier molecular flexibility index (Phi) is 6.24. The predicted octanol–water partition coefficient (Wildman–Crippen LogP) is 5.34. The Morgan fingerprint density at radius 3 is 2.66 bits per heavy atom. The van der Waals surface area contributed by atoms with Crippen LogP contribution >= 0.6 is 11.8 Å². The standard InChI is InChI=1S/C26H22FN5O2S/c1-16-22(24(34)29-19-10-3-2-4-11-19)23(17-9-7-12-20(33)14-17)32-25(28-16)30-26(31-32)35-15-18-8-5-6-13-21(18)27/h2-14,23,33H,15H2,1H3,(H,29,34)(H,28,30,31). The van der Waals surface area contributed by atoms with Gasteiger partial charge in [0.25, 0.3) is 5.91 Å². The highest BCUT2D eigenvalue weighted by Crippen LogP contribution is 2.38. The lowest BCUT2D eigenvalue weighted by Gasteiger charge is -2.28. The number of amides is 1. The van der Waals surface area contributed by atoms with Gasteiger partial charge in [-0.1, -0.05) is 60.3 Å². The number of anilines is 2. The summed E-state index contributed by atoms with van der Waals surface area (Å²) in [7, 11) is 0. The highest BCUT2D eigenvalue weighted by Gasteiger charge is 2.34. The van der Waals surface area contributed by atoms with E-state index in [1.807, 2.05) is 36.4 Å². The summed E-state index contributed by atoms with van der Waals surface area (Å²) in [6, 6.07) is 21.9. The molecule has 1 aliphatic rings. The number of hydrogen-bond donors (Lipinski definition) is 3. The maximum atomic E-state index is 14.1. The zero-order valence-corrected chi connectivity index (χ0v) is 19.6. The van der Waals surface area contributed by atoms with Crippen molar-refractivity contribution in [2.75, 3.05) is 10.6 Å². The number of benzene rings is 3. The van der Waals surface area contributed by atoms with Crippen molar-refractivity contribution in [3.05, 3.63) is 107 Å². The smallest absolute Gasteiger partial charge is 0.255 e. The van der Waals surface area contributed by atoms with Gasteiger partial charge >= 0.3 is 0 Å². The predicted molar refractivity (Wildman–Crippen MR) is 134 cm³/mol. The van der Waals surface area contributed by atoms with E-state index < -0.39 is 6.04 Å². The van der Waals surface area contributed by atoms with E-state index in [1.165, 1.54) is 17.8 Å². The SMILES string of the molecule is CC1=C(C(=O)Nc2ccccc2)C(c2cccc(O)c2)n2nc(SCc3ccccc3F)nc2N1. The molecule has 2 heterocycles. The van der Waals surface area contributed by atoms with Crippen LogP contribution in [-0.4, -0.2) is 25.8 Å². The molecule has 0 spiro atoms. The van der Waals surface area contributed by atoms with Crippen molar-refractivity contribution in [2.24, 2.45) is 0 Å². The van der Waals surface area contributed by atoms with Gasteiger partial charge in [0.1, 0.15) is 17.6 Å². The molecule has 176 valence electrons. The first-order valence-electron chi connectivity index (χ1n) is 11.0. The van der Waals surface area contributed by atoms with Gasteiger partial charge in [-0.2, -0.15) is 4.98 Å². The lowest BCUT2D eigenvalue weighted by Crippen LogP contribution is -2.31. The minimum atomic E-state index is -0.627. The molecule has 1 unspecified atom stereocenters. The Hall–Kier alpha value is -4.11. The first kappa shape index (κ1) is 22.7. The molecule has 0 saturated carbocycles. The number of nitrogens with zero attached hydrogens (tertiary/aromatic N) is 3. The third-order valence-corrected chi connectivity index (χ3v) is 6.50. The number of rotatable bonds is 6. The van der Waals surface area contributed by atoms with Crippen LogP contribution in [0.5, 0.6) is 5.75 Å². The van der Waals surface area contributed by atoms with E-state index in [0.717, 1.165) is 0 Å². The van der Waals surface area contributed by atoms with Crippen LogP contribution in [0, 0.1) is 5.82 Å². The highest BCUT2D eigenvalue weighted by atomic mass is 32.2. The molecule has 0 fully saturated rings. The largest absolute Gasteiger partial charge is 0.508 e. The van der Waals surface area contributed by atoms with Crippen molar-refractivity contribution < 1.29 is 14.3 Å². The van der Waals surface area contributed by atoms with E-state index >= 15 is 0 Å². The van der Waals surface area contributed by atoms with Gasteiger partial charge in [-0.3, -0.25) is 4.79 Å². The number of thioether (sulfide) groups is 1. The van der Waals surface area contributed by atoms with E-state index in [9.17, 15) is 14.3 Å². The maximum Gasteiger partial charge on any atom is 0.255 e. The number of nitrogens with one attached hydrogen (secondary N) is 2. The third kappa shape index (κ3) is 4.76. The van der Waals surface area contributed by atoms with Crippen molar-refractivity contribution >= 4 is 29.3 Å². The summed E-state index contributed by atoms with van der Waals surface area (Å²) in [5.74, 6) is 0.328. The van der Waals surface area contributed by atoms with Crippen molar-refractivity contribution in [1.82, 2.24) is 14.8 Å². The van der Waals surface area contributed by atoms with Gasteiger partial charge in [0.05, 0.1) is 5.57 Å². The zero-order chi connectivity index (χ0) is 24.4. The second kappa shape index (κ2) is 9.63. The number of hydrogen-bond acceptors (Lipinski definition) is 6. The van der Waals surface area contributed by atoms with E-state index in [2.05, 4.69) is 20.7 Å². The van der Waals surface area contributed by atoms with Crippen molar-refractivity contribution in [3.8, 4) is 5.75 Å². The topological polar surface area (TPSA) is 92.1 Å². The number of carbonyl (C=O) groups is 1. The fourth-order valence-corrected chi connectivity index (χ4v) is 4.78. The average molecular weight is 488 g/mol. The van der Waals surface area contributed by atoms with E-state index in [4.69, 9.17) is 0 Å². The number of carbonyl (C=O) groups excluding carboxylic acids is 1. The Morgan fingerprint density at radius 2 is 1.89 bits per heavy atom. The van der Waals surface area contributed by atoms with E-state index in [0.29, 0.717) is 44.9 Å². The number of para-hydroxylation sites is 1. The summed E-state index contributed by atoms with van der Waals surface area (Å²) in [5.41, 5.74) is 2.97. The summed E-state index contributed by atoms with van der Waals surface area (Å²) in [4.78, 5) is 18.0. The number of phenolic OH excluding ortho intramolecular Hbond substituents is 1. The van der Waals surface area contributed by atoms with Crippen LogP contribution in [0.1, 0.15) is 24.1 Å². The fraction of sp³-hybridized carbons (Fsp3) is 0.115. The molecule has 1 aliphatic heterocycles. The van der Waals surface area contributed by atoms with Gasteiger partial charge in [0.2, 0.25) is 11.1 Å². The Labute approximate surface area is 205 Å². The molecule has 0 bridgehead atoms. The lowest BCUT2D eigenvalue weighted by molar-refractivity contribution is -0.113. The summed E-state index contributed by atoms with van der Waals surface area (Å²) >= 11 is 1.30. The number of phenols is 1. The minimum Gasteiger partial charge on any atom is -0.508 e. The lowest BCUT2D eigenvalue weighted by atomic mass is 9.95. The van der Waals surface area contributed by atoms with Gasteiger partial charge in [-0.15, -0.1) is 5.10 Å². The minimum absolute atomic E-state index is 0.0809. The molecule has 5 rings (SSSR count). The van der Waals surface area contributed by atoms with Gasteiger partial charge in [0.15, 0.2) is 0 Å². The Morgan fingerprint density at radius 1 is 1.11 bits per heavy atom. The van der Waals surface area contributed by atoms with Crippen molar-refractivity contribution in [2.45, 2.75) is 23.9 Å². The number of halogens is 1. The number of allylic oxidation sites excluding steroid dienone is 1. The molecule has 1 atom stereocenters. The number of aromatic hydroxyl groups is 1. The average Bonchev–Trinajstić information content (AvgIpc) is 3.25. The molecule has 9 heteroatoms. The second-order valence-electron chi connectivity index (χ2n) is 8.02. The zero-order valence-electron chi connectivity index (χ0n) is 18.8. The summed E-state index contributed by atoms with van der Waals surface area (Å²) in [6.45, 7) is 1.81. The molecule has 3 N–H and O–H groups in total. The molecule has 1 amide bonds. The van der Waals surface area contributed by atoms with Gasteiger partial charge in [0, 0.05) is 17.1 Å². The molecule has 0 saturated heterocycles. The van der Waals surface area contributed by atoms with Crippen LogP contribution in [0.4, 0.5) is 16.0 Å². The number of aromatic nitrogens is 3. The van der Waals surface area contributed by atoms with Gasteiger partial charge in [-0.05, 0) is 48.4 Å². The normalized spacial score (nSPS) is 14.9. The van der Waals surface area contributed by atoms with Crippen LogP contribution < -0.4 is 10.6 Å². The Balaban J connectivity index is 1.50. The summed E-state index contributed by atoms with van der Waals surface area (Å²) in [6.07, 6.45) is 0. The summed E-state index contributed by atoms with van der Waals surface area (Å²) < 4.78 is 15.7. The Bertz CT molecular complexity index is 1420. The highest BCUT2D eigenvalue weighted by molar-refractivity contribution is 7.98. The molecule has 4 aromatic rings. The van der Waals surface area contributed by atoms with Crippen LogP contribution in [0.2, 0.25) is 0 Å². The third-order valence-electron chi connectivity index (χ3n) is 5.61. The van der Waals surface area contributed by atoms with Crippen LogP contribution in [0.25, 0.3) is 0 Å². The quantitative estimate of drug-likeness (QED) is 0.318. The van der Waals surface area contributed by atoms with Gasteiger partial charge in [-0.25, -0.2) is 9.07 Å². The van der Waals surface area contributed by atoms with Crippen LogP contribution in [-0.2, 0) is 10.5 Å². The fourth-order valence-electron chi connectivity index (χ4n) is 3.97. The van der Waals surface area contributed by atoms with E-state index in [1.54, 1.807) is 48.0 Å².